The molecule has 100 valence electrons. The molecule has 1 saturated carbocycles. The maximum Gasteiger partial charge on any atom is 0.268 e. The van der Waals surface area contributed by atoms with Gasteiger partial charge in [-0.05, 0) is 40.8 Å². The molecule has 4 heteroatoms. The number of carbonyl (C=O) groups excluding carboxylic acids is 1. The predicted octanol–water partition coefficient (Wildman–Crippen LogP) is 3.49. The van der Waals surface area contributed by atoms with E-state index in [0.29, 0.717) is 6.04 Å². The van der Waals surface area contributed by atoms with Gasteiger partial charge >= 0.3 is 0 Å². The minimum absolute atomic E-state index is 0.0463. The number of rotatable bonds is 3. The number of nitrogens with one attached hydrogen (secondary N) is 1. The largest absolute Gasteiger partial charge is 0.348 e. The zero-order valence-corrected chi connectivity index (χ0v) is 12.7. The highest BCUT2D eigenvalue weighted by Crippen LogP contribution is 2.26. The van der Waals surface area contributed by atoms with Crippen LogP contribution in [0.15, 0.2) is 16.7 Å². The molecule has 1 aliphatic carbocycles. The van der Waals surface area contributed by atoms with Crippen molar-refractivity contribution in [3.63, 3.8) is 0 Å². The first-order valence-electron chi connectivity index (χ1n) is 6.73. The highest BCUT2D eigenvalue weighted by atomic mass is 79.9. The van der Waals surface area contributed by atoms with Crippen LogP contribution in [0.5, 0.6) is 0 Å². The summed E-state index contributed by atoms with van der Waals surface area (Å²) in [5.41, 5.74) is 0.723. The number of hydrogen-bond donors (Lipinski definition) is 1. The highest BCUT2D eigenvalue weighted by Gasteiger charge is 2.23. The van der Waals surface area contributed by atoms with Gasteiger partial charge in [0.05, 0.1) is 0 Å². The molecule has 1 heterocycles. The lowest BCUT2D eigenvalue weighted by molar-refractivity contribution is 0.0911. The first-order chi connectivity index (χ1) is 8.60. The van der Waals surface area contributed by atoms with E-state index in [0.717, 1.165) is 28.9 Å². The molecular formula is C14H21BrN2O. The third kappa shape index (κ3) is 3.16. The summed E-state index contributed by atoms with van der Waals surface area (Å²) in [6.07, 6.45) is 7.94. The van der Waals surface area contributed by atoms with Crippen LogP contribution in [-0.4, -0.2) is 16.5 Å². The summed E-state index contributed by atoms with van der Waals surface area (Å²) in [6, 6.07) is 2.22. The molecule has 0 bridgehead atoms. The number of aromatic nitrogens is 1. The molecule has 0 aromatic carbocycles. The Morgan fingerprint density at radius 2 is 2.33 bits per heavy atom. The molecule has 1 amide bonds. The van der Waals surface area contributed by atoms with Crippen molar-refractivity contribution in [3.8, 4) is 0 Å². The van der Waals surface area contributed by atoms with Gasteiger partial charge in [0.2, 0.25) is 0 Å². The Morgan fingerprint density at radius 1 is 1.56 bits per heavy atom. The second-order valence-electron chi connectivity index (χ2n) is 5.27. The van der Waals surface area contributed by atoms with Crippen LogP contribution in [0.2, 0.25) is 0 Å². The van der Waals surface area contributed by atoms with E-state index in [1.54, 1.807) is 0 Å². The molecule has 3 nitrogen and oxygen atoms in total. The molecular weight excluding hydrogens is 292 g/mol. The van der Waals surface area contributed by atoms with Crippen molar-refractivity contribution in [1.29, 1.82) is 0 Å². The fourth-order valence-electron chi connectivity index (χ4n) is 2.80. The van der Waals surface area contributed by atoms with Gasteiger partial charge in [-0.25, -0.2) is 0 Å². The summed E-state index contributed by atoms with van der Waals surface area (Å²) in [5, 5.41) is 3.17. The van der Waals surface area contributed by atoms with Crippen LogP contribution in [0.4, 0.5) is 0 Å². The third-order valence-corrected chi connectivity index (χ3v) is 4.33. The van der Waals surface area contributed by atoms with Crippen molar-refractivity contribution >= 4 is 21.8 Å². The van der Waals surface area contributed by atoms with E-state index < -0.39 is 0 Å². The predicted molar refractivity (Wildman–Crippen MR) is 76.6 cm³/mol. The van der Waals surface area contributed by atoms with E-state index in [1.807, 2.05) is 23.9 Å². The summed E-state index contributed by atoms with van der Waals surface area (Å²) in [4.78, 5) is 12.2. The number of nitrogens with zero attached hydrogens (tertiary/aromatic N) is 1. The number of carbonyl (C=O) groups is 1. The fourth-order valence-corrected chi connectivity index (χ4v) is 3.33. The van der Waals surface area contributed by atoms with Crippen LogP contribution in [0, 0.1) is 5.92 Å². The average Bonchev–Trinajstić information content (AvgIpc) is 2.69. The Bertz CT molecular complexity index is 427. The summed E-state index contributed by atoms with van der Waals surface area (Å²) in [7, 11) is 1.90. The SMILES string of the molecule is CCC1CCCC(NC(=O)c2cc(Br)cn2C)C1. The smallest absolute Gasteiger partial charge is 0.268 e. The third-order valence-electron chi connectivity index (χ3n) is 3.90. The molecule has 2 rings (SSSR count). The Balaban J connectivity index is 1.97. The van der Waals surface area contributed by atoms with Crippen molar-refractivity contribution in [3.05, 3.63) is 22.4 Å². The molecule has 0 radical (unpaired) electrons. The highest BCUT2D eigenvalue weighted by molar-refractivity contribution is 9.10. The lowest BCUT2D eigenvalue weighted by atomic mass is 9.84. The quantitative estimate of drug-likeness (QED) is 0.911. The van der Waals surface area contributed by atoms with E-state index in [-0.39, 0.29) is 5.91 Å². The lowest BCUT2D eigenvalue weighted by Gasteiger charge is -2.29. The van der Waals surface area contributed by atoms with Crippen molar-refractivity contribution in [2.75, 3.05) is 0 Å². The molecule has 0 saturated heterocycles. The van der Waals surface area contributed by atoms with Crippen LogP contribution < -0.4 is 5.32 Å². The topological polar surface area (TPSA) is 34.0 Å². The monoisotopic (exact) mass is 312 g/mol. The number of halogens is 1. The van der Waals surface area contributed by atoms with E-state index in [2.05, 4.69) is 28.2 Å². The summed E-state index contributed by atoms with van der Waals surface area (Å²) < 4.78 is 2.81. The van der Waals surface area contributed by atoms with E-state index in [4.69, 9.17) is 0 Å². The summed E-state index contributed by atoms with van der Waals surface area (Å²) in [5.74, 6) is 0.828. The Kier molecular flexibility index (Phi) is 4.49. The van der Waals surface area contributed by atoms with Gasteiger partial charge in [-0.1, -0.05) is 26.2 Å². The van der Waals surface area contributed by atoms with Crippen LogP contribution in [0.1, 0.15) is 49.5 Å². The average molecular weight is 313 g/mol. The first kappa shape index (κ1) is 13.7. The maximum absolute atomic E-state index is 12.2. The molecule has 0 aliphatic heterocycles. The van der Waals surface area contributed by atoms with E-state index in [9.17, 15) is 4.79 Å². The van der Waals surface area contributed by atoms with Crippen molar-refractivity contribution < 1.29 is 4.79 Å². The standard InChI is InChI=1S/C14H21BrN2O/c1-3-10-5-4-6-12(7-10)16-14(18)13-8-11(15)9-17(13)2/h8-10,12H,3-7H2,1-2H3,(H,16,18). The zero-order chi connectivity index (χ0) is 13.1. The Hall–Kier alpha value is -0.770. The van der Waals surface area contributed by atoms with Gasteiger partial charge in [-0.2, -0.15) is 0 Å². The molecule has 2 atom stereocenters. The van der Waals surface area contributed by atoms with Gasteiger partial charge in [-0.3, -0.25) is 4.79 Å². The zero-order valence-electron chi connectivity index (χ0n) is 11.1. The fraction of sp³-hybridized carbons (Fsp3) is 0.643. The van der Waals surface area contributed by atoms with Crippen LogP contribution in [0.3, 0.4) is 0 Å². The number of hydrogen-bond acceptors (Lipinski definition) is 1. The second kappa shape index (κ2) is 5.91. The van der Waals surface area contributed by atoms with E-state index in [1.165, 1.54) is 19.3 Å². The van der Waals surface area contributed by atoms with Crippen molar-refractivity contribution in [1.82, 2.24) is 9.88 Å². The van der Waals surface area contributed by atoms with Crippen LogP contribution >= 0.6 is 15.9 Å². The summed E-state index contributed by atoms with van der Waals surface area (Å²) in [6.45, 7) is 2.24. The van der Waals surface area contributed by atoms with Gasteiger partial charge in [0.15, 0.2) is 0 Å². The summed E-state index contributed by atoms with van der Waals surface area (Å²) >= 11 is 3.40. The minimum Gasteiger partial charge on any atom is -0.348 e. The molecule has 1 fully saturated rings. The van der Waals surface area contributed by atoms with Crippen molar-refractivity contribution in [2.45, 2.75) is 45.1 Å². The first-order valence-corrected chi connectivity index (χ1v) is 7.52. The van der Waals surface area contributed by atoms with Gasteiger partial charge in [0.25, 0.3) is 5.91 Å². The molecule has 1 aliphatic rings. The molecule has 18 heavy (non-hydrogen) atoms. The second-order valence-corrected chi connectivity index (χ2v) is 6.18. The maximum atomic E-state index is 12.2. The van der Waals surface area contributed by atoms with Gasteiger partial charge in [-0.15, -0.1) is 0 Å². The van der Waals surface area contributed by atoms with Crippen molar-refractivity contribution in [2.24, 2.45) is 13.0 Å². The number of aryl methyl sites for hydroxylation is 1. The molecule has 1 aromatic heterocycles. The molecule has 1 aromatic rings. The van der Waals surface area contributed by atoms with Crippen LogP contribution in [0.25, 0.3) is 0 Å². The van der Waals surface area contributed by atoms with Gasteiger partial charge in [0.1, 0.15) is 5.69 Å². The normalized spacial score (nSPS) is 23.9. The minimum atomic E-state index is 0.0463. The van der Waals surface area contributed by atoms with Crippen LogP contribution in [-0.2, 0) is 7.05 Å². The Labute approximate surface area is 117 Å². The molecule has 2 unspecified atom stereocenters. The Morgan fingerprint density at radius 3 is 2.94 bits per heavy atom. The van der Waals surface area contributed by atoms with Gasteiger partial charge < -0.3 is 9.88 Å². The van der Waals surface area contributed by atoms with E-state index >= 15 is 0 Å². The lowest BCUT2D eigenvalue weighted by Crippen LogP contribution is -2.39. The molecule has 1 N–H and O–H groups in total. The number of amides is 1. The van der Waals surface area contributed by atoms with Gasteiger partial charge in [0, 0.05) is 23.8 Å². The molecule has 0 spiro atoms.